The molecular formula is C26H26F3N7O. The Kier molecular flexibility index (Phi) is 5.36. The number of H-pyrrole nitrogens is 1. The van der Waals surface area contributed by atoms with Gasteiger partial charge in [-0.15, -0.1) is 0 Å². The van der Waals surface area contributed by atoms with Crippen LogP contribution in [-0.2, 0) is 29.2 Å². The SMILES string of the molecule is CC1(C)C(=O)Cc2cc(Cc3nc4c(N5CCC(c6ncc(C(F)(F)F)[nH]6)CC5)nccn4n3)ccc21. The molecule has 4 heterocycles. The van der Waals surface area contributed by atoms with Gasteiger partial charge in [0.15, 0.2) is 17.3 Å². The van der Waals surface area contributed by atoms with Gasteiger partial charge in [-0.2, -0.15) is 18.3 Å². The number of alkyl halides is 3. The largest absolute Gasteiger partial charge is 0.432 e. The van der Waals surface area contributed by atoms with Crippen LogP contribution in [0.2, 0.25) is 0 Å². The second-order valence-electron chi connectivity index (χ2n) is 10.4. The van der Waals surface area contributed by atoms with Gasteiger partial charge in [-0.25, -0.2) is 19.5 Å². The van der Waals surface area contributed by atoms with Crippen LogP contribution in [0.4, 0.5) is 19.0 Å². The zero-order chi connectivity index (χ0) is 25.9. The summed E-state index contributed by atoms with van der Waals surface area (Å²) in [7, 11) is 0. The maximum Gasteiger partial charge on any atom is 0.432 e. The zero-order valence-electron chi connectivity index (χ0n) is 20.5. The molecule has 0 spiro atoms. The van der Waals surface area contributed by atoms with E-state index in [1.807, 2.05) is 26.0 Å². The lowest BCUT2D eigenvalue weighted by atomic mass is 9.85. The van der Waals surface area contributed by atoms with Gasteiger partial charge in [0.1, 0.15) is 17.3 Å². The number of carbonyl (C=O) groups excluding carboxylic acids is 1. The van der Waals surface area contributed by atoms with E-state index in [1.54, 1.807) is 16.9 Å². The molecule has 1 saturated heterocycles. The van der Waals surface area contributed by atoms with Crippen molar-refractivity contribution in [2.24, 2.45) is 0 Å². The minimum Gasteiger partial charge on any atom is -0.353 e. The Bertz CT molecular complexity index is 1500. The van der Waals surface area contributed by atoms with Gasteiger partial charge in [0.25, 0.3) is 0 Å². The van der Waals surface area contributed by atoms with Crippen molar-refractivity contribution in [3.8, 4) is 0 Å². The van der Waals surface area contributed by atoms with Crippen LogP contribution in [0.3, 0.4) is 0 Å². The van der Waals surface area contributed by atoms with Crippen LogP contribution >= 0.6 is 0 Å². The fraction of sp³-hybridized carbons (Fsp3) is 0.423. The summed E-state index contributed by atoms with van der Waals surface area (Å²) in [6.07, 6.45) is 2.16. The number of halogens is 3. The van der Waals surface area contributed by atoms with Crippen LogP contribution in [0.5, 0.6) is 0 Å². The molecule has 1 aromatic carbocycles. The van der Waals surface area contributed by atoms with Crippen molar-refractivity contribution in [1.29, 1.82) is 0 Å². The number of piperidine rings is 1. The van der Waals surface area contributed by atoms with Crippen LogP contribution < -0.4 is 4.90 Å². The Balaban J connectivity index is 1.18. The molecule has 3 aromatic heterocycles. The van der Waals surface area contributed by atoms with E-state index < -0.39 is 17.3 Å². The number of carbonyl (C=O) groups is 1. The molecule has 4 aromatic rings. The fourth-order valence-corrected chi connectivity index (χ4v) is 5.44. The number of benzene rings is 1. The number of nitrogens with one attached hydrogen (secondary N) is 1. The molecule has 1 fully saturated rings. The maximum atomic E-state index is 12.9. The molecule has 0 saturated carbocycles. The lowest BCUT2D eigenvalue weighted by Crippen LogP contribution is -2.34. The average molecular weight is 510 g/mol. The molecule has 11 heteroatoms. The van der Waals surface area contributed by atoms with E-state index >= 15 is 0 Å². The van der Waals surface area contributed by atoms with Gasteiger partial charge >= 0.3 is 6.18 Å². The first-order valence-electron chi connectivity index (χ1n) is 12.3. The summed E-state index contributed by atoms with van der Waals surface area (Å²) >= 11 is 0. The Morgan fingerprint density at radius 3 is 2.68 bits per heavy atom. The predicted molar refractivity (Wildman–Crippen MR) is 130 cm³/mol. The van der Waals surface area contributed by atoms with Crippen LogP contribution in [0.1, 0.15) is 66.6 Å². The summed E-state index contributed by atoms with van der Waals surface area (Å²) in [6, 6.07) is 6.16. The molecule has 2 aliphatic rings. The normalized spacial score (nSPS) is 18.1. The molecule has 0 radical (unpaired) electrons. The molecule has 1 aliphatic heterocycles. The van der Waals surface area contributed by atoms with E-state index in [0.717, 1.165) is 22.9 Å². The quantitative estimate of drug-likeness (QED) is 0.443. The molecule has 8 nitrogen and oxygen atoms in total. The van der Waals surface area contributed by atoms with Gasteiger partial charge in [-0.05, 0) is 43.4 Å². The van der Waals surface area contributed by atoms with E-state index in [4.69, 9.17) is 4.98 Å². The van der Waals surface area contributed by atoms with E-state index in [2.05, 4.69) is 31.0 Å². The highest BCUT2D eigenvalue weighted by Gasteiger charge is 2.38. The van der Waals surface area contributed by atoms with Crippen molar-refractivity contribution in [2.45, 2.75) is 57.0 Å². The number of nitrogens with zero attached hydrogens (tertiary/aromatic N) is 6. The average Bonchev–Trinajstić information content (AvgIpc) is 3.56. The smallest absolute Gasteiger partial charge is 0.353 e. The first-order chi connectivity index (χ1) is 17.6. The van der Waals surface area contributed by atoms with Gasteiger partial charge in [-0.3, -0.25) is 4.79 Å². The fourth-order valence-electron chi connectivity index (χ4n) is 5.44. The number of aromatic amines is 1. The zero-order valence-corrected chi connectivity index (χ0v) is 20.5. The second-order valence-corrected chi connectivity index (χ2v) is 10.4. The number of imidazole rings is 1. The summed E-state index contributed by atoms with van der Waals surface area (Å²) in [5, 5.41) is 4.64. The maximum absolute atomic E-state index is 12.9. The first kappa shape index (κ1) is 23.6. The third kappa shape index (κ3) is 4.15. The van der Waals surface area contributed by atoms with Crippen molar-refractivity contribution in [3.63, 3.8) is 0 Å². The first-order valence-corrected chi connectivity index (χ1v) is 12.3. The van der Waals surface area contributed by atoms with Gasteiger partial charge in [-0.1, -0.05) is 18.2 Å². The van der Waals surface area contributed by atoms with Crippen LogP contribution in [-0.4, -0.2) is 48.4 Å². The summed E-state index contributed by atoms with van der Waals surface area (Å²) < 4.78 is 40.5. The van der Waals surface area contributed by atoms with E-state index in [1.165, 1.54) is 0 Å². The minimum absolute atomic E-state index is 0.0721. The van der Waals surface area contributed by atoms with E-state index in [0.29, 0.717) is 61.9 Å². The van der Waals surface area contributed by atoms with Gasteiger partial charge in [0.05, 0.1) is 6.20 Å². The Labute approximate surface area is 211 Å². The molecule has 0 unspecified atom stereocenters. The number of ketones is 1. The molecule has 1 N–H and O–H groups in total. The Morgan fingerprint density at radius 1 is 1.16 bits per heavy atom. The van der Waals surface area contributed by atoms with Crippen molar-refractivity contribution < 1.29 is 18.0 Å². The number of fused-ring (bicyclic) bond motifs is 2. The Hall–Kier alpha value is -3.76. The molecular weight excluding hydrogens is 483 g/mol. The number of hydrogen-bond acceptors (Lipinski definition) is 6. The van der Waals surface area contributed by atoms with Crippen molar-refractivity contribution >= 4 is 17.2 Å². The van der Waals surface area contributed by atoms with Crippen LogP contribution in [0.15, 0.2) is 36.8 Å². The molecule has 0 amide bonds. The summed E-state index contributed by atoms with van der Waals surface area (Å²) in [5.74, 6) is 1.90. The van der Waals surface area contributed by atoms with Crippen molar-refractivity contribution in [1.82, 2.24) is 29.5 Å². The molecule has 1 aliphatic carbocycles. The highest BCUT2D eigenvalue weighted by Crippen LogP contribution is 2.36. The molecule has 37 heavy (non-hydrogen) atoms. The monoisotopic (exact) mass is 509 g/mol. The molecule has 0 atom stereocenters. The Morgan fingerprint density at radius 2 is 1.95 bits per heavy atom. The minimum atomic E-state index is -4.43. The molecule has 192 valence electrons. The standard InChI is InChI=1S/C26H26F3N7O/c1-25(2)18-4-3-15(11-17(18)13-20(25)37)12-21-33-24-23(30-7-10-36(24)34-21)35-8-5-16(6-9-35)22-31-14-19(32-22)26(27,28)29/h3-4,7,10-11,14,16H,5-6,8-9,12-13H2,1-2H3,(H,31,32). The lowest BCUT2D eigenvalue weighted by Gasteiger charge is -2.31. The summed E-state index contributed by atoms with van der Waals surface area (Å²) in [4.78, 5) is 30.2. The number of aromatic nitrogens is 6. The lowest BCUT2D eigenvalue weighted by molar-refractivity contribution is -0.141. The number of Topliss-reactive ketones (excluding diaryl/α,β-unsaturated/α-hetero) is 1. The van der Waals surface area contributed by atoms with Crippen molar-refractivity contribution in [2.75, 3.05) is 18.0 Å². The summed E-state index contributed by atoms with van der Waals surface area (Å²) in [6.45, 7) is 5.18. The highest BCUT2D eigenvalue weighted by atomic mass is 19.4. The second kappa shape index (κ2) is 8.39. The van der Waals surface area contributed by atoms with Crippen LogP contribution in [0.25, 0.3) is 5.65 Å². The number of rotatable bonds is 4. The number of anilines is 1. The van der Waals surface area contributed by atoms with Gasteiger partial charge in [0, 0.05) is 49.7 Å². The topological polar surface area (TPSA) is 92.1 Å². The summed E-state index contributed by atoms with van der Waals surface area (Å²) in [5.41, 5.74) is 2.59. The van der Waals surface area contributed by atoms with Crippen molar-refractivity contribution in [3.05, 3.63) is 70.8 Å². The van der Waals surface area contributed by atoms with Gasteiger partial charge in [0.2, 0.25) is 0 Å². The highest BCUT2D eigenvalue weighted by molar-refractivity contribution is 5.95. The van der Waals surface area contributed by atoms with E-state index in [-0.39, 0.29) is 11.7 Å². The molecule has 6 rings (SSSR count). The van der Waals surface area contributed by atoms with Gasteiger partial charge < -0.3 is 9.88 Å². The third-order valence-electron chi connectivity index (χ3n) is 7.62. The van der Waals surface area contributed by atoms with Crippen LogP contribution in [0, 0.1) is 0 Å². The van der Waals surface area contributed by atoms with E-state index in [9.17, 15) is 18.0 Å². The third-order valence-corrected chi connectivity index (χ3v) is 7.62. The predicted octanol–water partition coefficient (Wildman–Crippen LogP) is 4.24. The number of hydrogen-bond donors (Lipinski definition) is 1. The molecule has 0 bridgehead atoms.